The fourth-order valence-corrected chi connectivity index (χ4v) is 8.05. The van der Waals surface area contributed by atoms with Gasteiger partial charge in [-0.2, -0.15) is 0 Å². The molecule has 2 saturated heterocycles. The van der Waals surface area contributed by atoms with Crippen LogP contribution < -0.4 is 10.6 Å². The number of hydrogen-bond acceptors (Lipinski definition) is 11. The van der Waals surface area contributed by atoms with Gasteiger partial charge in [-0.15, -0.1) is 0 Å². The largest absolute Gasteiger partial charge is 0.465 e. The quantitative estimate of drug-likeness (QED) is 0.0882. The molecule has 18 nitrogen and oxygen atoms in total. The van der Waals surface area contributed by atoms with Crippen molar-refractivity contribution in [1.82, 2.24) is 40.4 Å². The molecule has 0 radical (unpaired) electrons. The molecule has 6 rings (SSSR count). The van der Waals surface area contributed by atoms with Crippen LogP contribution in [0, 0.1) is 0 Å². The zero-order valence-corrected chi connectivity index (χ0v) is 35.6. The van der Waals surface area contributed by atoms with E-state index in [-0.39, 0.29) is 17.9 Å². The van der Waals surface area contributed by atoms with Crippen LogP contribution in [0.5, 0.6) is 0 Å². The summed E-state index contributed by atoms with van der Waals surface area (Å²) in [4.78, 5) is 71.1. The Balaban J connectivity index is 1.19. The minimum atomic E-state index is -1.31. The van der Waals surface area contributed by atoms with E-state index < -0.39 is 48.8 Å². The molecule has 2 fully saturated rings. The van der Waals surface area contributed by atoms with Gasteiger partial charge in [-0.25, -0.2) is 19.6 Å². The molecule has 5 N–H and O–H groups in total. The molecule has 2 aromatic heterocycles. The van der Waals surface area contributed by atoms with Crippen molar-refractivity contribution >= 4 is 24.0 Å². The number of amides is 4. The Kier molecular flexibility index (Phi) is 14.8. The molecule has 0 spiro atoms. The molecule has 2 aromatic carbocycles. The summed E-state index contributed by atoms with van der Waals surface area (Å²) >= 11 is 0. The maximum absolute atomic E-state index is 13.7. The molecular formula is C43H56N8O10. The monoisotopic (exact) mass is 844 g/mol. The van der Waals surface area contributed by atoms with Crippen LogP contribution in [0.3, 0.4) is 0 Å². The predicted octanol–water partition coefficient (Wildman–Crippen LogP) is 5.05. The Morgan fingerprint density at radius 1 is 0.721 bits per heavy atom. The number of ether oxygens (including phenoxy) is 5. The fourth-order valence-electron chi connectivity index (χ4n) is 8.05. The number of aromatic nitrogens is 4. The Hall–Kier alpha value is -5.82. The van der Waals surface area contributed by atoms with Crippen molar-refractivity contribution in [3.63, 3.8) is 0 Å². The van der Waals surface area contributed by atoms with Gasteiger partial charge in [0.15, 0.2) is 6.29 Å². The number of carbonyl (C=O) groups excluding carboxylic acids is 3. The Morgan fingerprint density at radius 2 is 1.23 bits per heavy atom. The molecule has 4 aromatic rings. The lowest BCUT2D eigenvalue weighted by molar-refractivity contribution is -0.138. The van der Waals surface area contributed by atoms with Crippen LogP contribution >= 0.6 is 0 Å². The van der Waals surface area contributed by atoms with Gasteiger partial charge in [0.1, 0.15) is 23.7 Å². The van der Waals surface area contributed by atoms with Crippen LogP contribution in [0.1, 0.15) is 69.0 Å². The maximum Gasteiger partial charge on any atom is 0.407 e. The molecule has 1 unspecified atom stereocenters. The van der Waals surface area contributed by atoms with E-state index in [9.17, 15) is 24.3 Å². The number of hydrogen-bond donors (Lipinski definition) is 5. The highest BCUT2D eigenvalue weighted by Crippen LogP contribution is 2.36. The summed E-state index contributed by atoms with van der Waals surface area (Å²) in [5.41, 5.74) is 5.97. The average Bonchev–Trinajstić information content (AvgIpc) is 4.12. The summed E-state index contributed by atoms with van der Waals surface area (Å²) < 4.78 is 26.6. The van der Waals surface area contributed by atoms with Crippen molar-refractivity contribution in [3.8, 4) is 33.6 Å². The molecule has 4 amide bonds. The number of alkyl carbamates (subject to hydrolysis) is 1. The second-order valence-corrected chi connectivity index (χ2v) is 15.2. The first kappa shape index (κ1) is 44.7. The fraction of sp³-hybridized carbons (Fsp3) is 0.488. The van der Waals surface area contributed by atoms with Crippen LogP contribution in [0.15, 0.2) is 54.7 Å². The van der Waals surface area contributed by atoms with Gasteiger partial charge in [0.05, 0.1) is 48.5 Å². The van der Waals surface area contributed by atoms with Crippen molar-refractivity contribution in [2.45, 2.75) is 88.6 Å². The number of H-pyrrole nitrogens is 2. The van der Waals surface area contributed by atoms with Crippen molar-refractivity contribution < 1.29 is 48.0 Å². The van der Waals surface area contributed by atoms with Crippen molar-refractivity contribution in [2.24, 2.45) is 0 Å². The first-order chi connectivity index (χ1) is 29.4. The second kappa shape index (κ2) is 20.2. The molecule has 0 saturated carbocycles. The SMILES string of the molecule is COC(=O)N[C@H](C(=O)N1CCC[C@H]1c1nc(-c2ccc(-c3ccc(-c4[nH]c([C@@H]5CCCN5C(=O)[C@@H](NC(=O)O)[C@@H](C)OC)nc4CC(OC)OC)cc3)cc2)c[nH]1)C(C)OC. The summed E-state index contributed by atoms with van der Waals surface area (Å²) in [6, 6.07) is 13.5. The van der Waals surface area contributed by atoms with Gasteiger partial charge >= 0.3 is 12.2 Å². The number of nitrogens with one attached hydrogen (secondary N) is 4. The Morgan fingerprint density at radius 3 is 1.74 bits per heavy atom. The van der Waals surface area contributed by atoms with Crippen molar-refractivity contribution in [3.05, 3.63) is 72.1 Å². The van der Waals surface area contributed by atoms with Crippen molar-refractivity contribution in [1.29, 1.82) is 0 Å². The number of nitrogens with zero attached hydrogens (tertiary/aromatic N) is 4. The third kappa shape index (κ3) is 10.0. The van der Waals surface area contributed by atoms with Gasteiger partial charge in [0, 0.05) is 59.7 Å². The first-order valence-corrected chi connectivity index (χ1v) is 20.3. The maximum atomic E-state index is 13.7. The number of likely N-dealkylation sites (tertiary alicyclic amines) is 2. The minimum absolute atomic E-state index is 0.264. The highest BCUT2D eigenvalue weighted by Gasteiger charge is 2.40. The van der Waals surface area contributed by atoms with Crippen LogP contribution in [-0.2, 0) is 39.7 Å². The smallest absolute Gasteiger partial charge is 0.407 e. The van der Waals surface area contributed by atoms with E-state index in [1.807, 2.05) is 54.7 Å². The zero-order valence-electron chi connectivity index (χ0n) is 35.6. The number of imidazole rings is 2. The third-order valence-electron chi connectivity index (χ3n) is 11.6. The van der Waals surface area contributed by atoms with Gasteiger partial charge in [0.2, 0.25) is 11.8 Å². The van der Waals surface area contributed by atoms with E-state index >= 15 is 0 Å². The van der Waals surface area contributed by atoms with E-state index in [1.165, 1.54) is 21.3 Å². The van der Waals surface area contributed by atoms with E-state index in [0.717, 1.165) is 52.9 Å². The van der Waals surface area contributed by atoms with E-state index in [2.05, 4.69) is 20.6 Å². The molecule has 18 heteroatoms. The number of carbonyl (C=O) groups is 4. The zero-order chi connectivity index (χ0) is 43.8. The van der Waals surface area contributed by atoms with Crippen LogP contribution in [-0.4, -0.2) is 138 Å². The highest BCUT2D eigenvalue weighted by molar-refractivity contribution is 5.87. The summed E-state index contributed by atoms with van der Waals surface area (Å²) in [5.74, 6) is 0.617. The van der Waals surface area contributed by atoms with Crippen LogP contribution in [0.2, 0.25) is 0 Å². The molecular weight excluding hydrogens is 789 g/mol. The normalized spacial score (nSPS) is 18.5. The second-order valence-electron chi connectivity index (χ2n) is 15.2. The number of carboxylic acid groups (broad SMARTS) is 1. The van der Waals surface area contributed by atoms with Crippen LogP contribution in [0.25, 0.3) is 33.6 Å². The molecule has 4 heterocycles. The first-order valence-electron chi connectivity index (χ1n) is 20.3. The van der Waals surface area contributed by atoms with Gasteiger partial charge in [-0.05, 0) is 56.2 Å². The Labute approximate surface area is 354 Å². The number of methoxy groups -OCH3 is 5. The lowest BCUT2D eigenvalue weighted by atomic mass is 10.0. The van der Waals surface area contributed by atoms with Gasteiger partial charge < -0.3 is 59.2 Å². The van der Waals surface area contributed by atoms with E-state index in [1.54, 1.807) is 37.9 Å². The topological polar surface area (TPSA) is 223 Å². The third-order valence-corrected chi connectivity index (χ3v) is 11.6. The van der Waals surface area contributed by atoms with Gasteiger partial charge in [-0.3, -0.25) is 9.59 Å². The molecule has 0 aliphatic carbocycles. The Bertz CT molecular complexity index is 2120. The van der Waals surface area contributed by atoms with Gasteiger partial charge in [-0.1, -0.05) is 48.5 Å². The number of aromatic amines is 2. The molecule has 2 aliphatic heterocycles. The van der Waals surface area contributed by atoms with Gasteiger partial charge in [0.25, 0.3) is 0 Å². The number of benzene rings is 2. The molecule has 328 valence electrons. The molecule has 2 aliphatic rings. The van der Waals surface area contributed by atoms with E-state index in [4.69, 9.17) is 33.7 Å². The average molecular weight is 845 g/mol. The summed E-state index contributed by atoms with van der Waals surface area (Å²) in [6.45, 7) is 4.35. The standard InChI is InChI=1S/C43H56N8O10/c1-24(57-3)35(48-42(54)55)40(52)51-21-9-11-33(51)39-45-30(22-34(59-5)60-6)37(47-39)29-18-14-27(15-19-29)26-12-16-28(17-13-26)31-23-44-38(46-31)32-10-8-20-50(32)41(53)36(25(2)58-4)49-43(56)61-7/h12-19,23-25,32-36,48H,8-11,20-22H2,1-7H3,(H,44,46)(H,45,47)(H,49,56)(H,54,55)/t24-,25?,32+,33+,35+,36+/m1/s1. The molecule has 0 bridgehead atoms. The summed E-state index contributed by atoms with van der Waals surface area (Å²) in [5, 5.41) is 14.4. The van der Waals surface area contributed by atoms with Crippen molar-refractivity contribution in [2.75, 3.05) is 48.6 Å². The summed E-state index contributed by atoms with van der Waals surface area (Å²) in [7, 11) is 7.31. The van der Waals surface area contributed by atoms with Crippen LogP contribution in [0.4, 0.5) is 9.59 Å². The lowest BCUT2D eigenvalue weighted by Gasteiger charge is -2.30. The summed E-state index contributed by atoms with van der Waals surface area (Å²) in [6.07, 6.45) is 1.25. The van der Waals surface area contributed by atoms with E-state index in [0.29, 0.717) is 43.3 Å². The lowest BCUT2D eigenvalue weighted by Crippen LogP contribution is -2.54. The molecule has 61 heavy (non-hydrogen) atoms. The predicted molar refractivity (Wildman–Crippen MR) is 223 cm³/mol. The highest BCUT2D eigenvalue weighted by atomic mass is 16.7. The molecule has 6 atom stereocenters. The minimum Gasteiger partial charge on any atom is -0.465 e. The number of rotatable bonds is 17.